The Kier molecular flexibility index (Phi) is 8.20. The maximum atomic E-state index is 13.5. The first-order chi connectivity index (χ1) is 17.1. The van der Waals surface area contributed by atoms with E-state index in [1.165, 1.54) is 62.8 Å². The van der Waals surface area contributed by atoms with Gasteiger partial charge in [0.2, 0.25) is 0 Å². The first-order valence-corrected chi connectivity index (χ1v) is 11.8. The molecule has 0 heterocycles. The molecule has 1 N–H and O–H groups in total. The molecule has 0 atom stereocenters. The van der Waals surface area contributed by atoms with Crippen molar-refractivity contribution in [3.05, 3.63) is 83.9 Å². The topological polar surface area (TPSA) is 97.3 Å². The number of hydrazone groups is 1. The predicted octanol–water partition coefficient (Wildman–Crippen LogP) is 4.07. The van der Waals surface area contributed by atoms with Crippen molar-refractivity contribution in [1.29, 1.82) is 0 Å². The molecule has 0 aliphatic heterocycles. The Morgan fingerprint density at radius 1 is 1.00 bits per heavy atom. The second kappa shape index (κ2) is 11.1. The highest BCUT2D eigenvalue weighted by molar-refractivity contribution is 7.92. The molecule has 0 saturated carbocycles. The Bertz CT molecular complexity index is 1350. The lowest BCUT2D eigenvalue weighted by atomic mass is 10.1. The predicted molar refractivity (Wildman–Crippen MR) is 128 cm³/mol. The Morgan fingerprint density at radius 3 is 2.36 bits per heavy atom. The lowest BCUT2D eigenvalue weighted by Crippen LogP contribution is -2.39. The molecule has 12 heteroatoms. The molecular weight excluding hydrogens is 499 g/mol. The molecule has 0 unspecified atom stereocenters. The first kappa shape index (κ1) is 26.5. The van der Waals surface area contributed by atoms with Crippen LogP contribution in [0, 0.1) is 0 Å². The zero-order valence-electron chi connectivity index (χ0n) is 19.2. The molecule has 0 aliphatic rings. The summed E-state index contributed by atoms with van der Waals surface area (Å²) in [4.78, 5) is 12.6. The van der Waals surface area contributed by atoms with E-state index in [0.29, 0.717) is 5.75 Å². The van der Waals surface area contributed by atoms with Crippen molar-refractivity contribution in [1.82, 2.24) is 5.43 Å². The highest BCUT2D eigenvalue weighted by Crippen LogP contribution is 2.35. The minimum absolute atomic E-state index is 0.0395. The highest BCUT2D eigenvalue weighted by Gasteiger charge is 2.31. The normalized spacial score (nSPS) is 11.8. The van der Waals surface area contributed by atoms with Gasteiger partial charge in [0.25, 0.3) is 15.9 Å². The van der Waals surface area contributed by atoms with Gasteiger partial charge < -0.3 is 9.47 Å². The van der Waals surface area contributed by atoms with Crippen LogP contribution in [0.15, 0.2) is 82.8 Å². The van der Waals surface area contributed by atoms with Gasteiger partial charge in [0.15, 0.2) is 0 Å². The lowest BCUT2D eigenvalue weighted by molar-refractivity contribution is -0.137. The van der Waals surface area contributed by atoms with Crippen LogP contribution in [0.2, 0.25) is 0 Å². The third kappa shape index (κ3) is 6.33. The molecule has 0 aliphatic carbocycles. The standard InChI is InChI=1S/C24H22F3N3O5S/c1-34-19-11-12-22(35-2)21(14-19)30(36(32,33)20-9-4-3-5-10-20)16-23(31)29-28-15-17-7-6-8-18(13-17)24(25,26)27/h3-15H,16H2,1-2H3,(H,29,31)/b28-15-. The van der Waals surface area contributed by atoms with E-state index in [2.05, 4.69) is 10.5 Å². The maximum Gasteiger partial charge on any atom is 0.416 e. The molecular formula is C24H22F3N3O5S. The second-order valence-electron chi connectivity index (χ2n) is 7.28. The van der Waals surface area contributed by atoms with Gasteiger partial charge in [0, 0.05) is 6.07 Å². The number of alkyl halides is 3. The molecule has 3 aromatic rings. The number of nitrogens with zero attached hydrogens (tertiary/aromatic N) is 2. The van der Waals surface area contributed by atoms with Gasteiger partial charge in [-0.1, -0.05) is 30.3 Å². The Labute approximate surface area is 206 Å². The van der Waals surface area contributed by atoms with Crippen molar-refractivity contribution in [3.63, 3.8) is 0 Å². The van der Waals surface area contributed by atoms with E-state index in [4.69, 9.17) is 9.47 Å². The summed E-state index contributed by atoms with van der Waals surface area (Å²) in [6, 6.07) is 16.3. The lowest BCUT2D eigenvalue weighted by Gasteiger charge is -2.25. The number of sulfonamides is 1. The Balaban J connectivity index is 1.90. The van der Waals surface area contributed by atoms with Crippen molar-refractivity contribution in [3.8, 4) is 11.5 Å². The minimum Gasteiger partial charge on any atom is -0.497 e. The number of hydrogen-bond acceptors (Lipinski definition) is 6. The van der Waals surface area contributed by atoms with Crippen molar-refractivity contribution >= 4 is 27.8 Å². The summed E-state index contributed by atoms with van der Waals surface area (Å²) >= 11 is 0. The van der Waals surface area contributed by atoms with Crippen molar-refractivity contribution in [2.24, 2.45) is 5.10 Å². The third-order valence-corrected chi connectivity index (χ3v) is 6.66. The fourth-order valence-corrected chi connectivity index (χ4v) is 4.60. The van der Waals surface area contributed by atoms with Crippen LogP contribution in [-0.4, -0.2) is 41.3 Å². The number of carbonyl (C=O) groups is 1. The number of carbonyl (C=O) groups excluding carboxylic acids is 1. The zero-order valence-corrected chi connectivity index (χ0v) is 20.0. The number of anilines is 1. The van der Waals surface area contributed by atoms with Crippen LogP contribution in [0.3, 0.4) is 0 Å². The largest absolute Gasteiger partial charge is 0.497 e. The minimum atomic E-state index is -4.53. The maximum absolute atomic E-state index is 13.5. The van der Waals surface area contributed by atoms with Gasteiger partial charge in [-0.25, -0.2) is 13.8 Å². The number of ether oxygens (including phenoxy) is 2. The van der Waals surface area contributed by atoms with Crippen LogP contribution in [0.1, 0.15) is 11.1 Å². The van der Waals surface area contributed by atoms with E-state index in [-0.39, 0.29) is 21.9 Å². The number of hydrogen-bond donors (Lipinski definition) is 1. The van der Waals surface area contributed by atoms with E-state index in [1.54, 1.807) is 12.1 Å². The third-order valence-electron chi connectivity index (χ3n) is 4.89. The van der Waals surface area contributed by atoms with Crippen molar-refractivity contribution in [2.45, 2.75) is 11.1 Å². The Morgan fingerprint density at radius 2 is 1.72 bits per heavy atom. The molecule has 0 saturated heterocycles. The van der Waals surface area contributed by atoms with Crippen molar-refractivity contribution in [2.75, 3.05) is 25.1 Å². The summed E-state index contributed by atoms with van der Waals surface area (Å²) in [6.07, 6.45) is -3.51. The SMILES string of the molecule is COc1ccc(OC)c(N(CC(=O)N/N=C\c2cccc(C(F)(F)F)c2)S(=O)(=O)c2ccccc2)c1. The molecule has 190 valence electrons. The fourth-order valence-electron chi connectivity index (χ4n) is 3.15. The van der Waals surface area contributed by atoms with Crippen LogP contribution in [0.4, 0.5) is 18.9 Å². The molecule has 3 aromatic carbocycles. The first-order valence-electron chi connectivity index (χ1n) is 10.3. The average molecular weight is 522 g/mol. The summed E-state index contributed by atoms with van der Waals surface area (Å²) in [6.45, 7) is -0.708. The summed E-state index contributed by atoms with van der Waals surface area (Å²) in [5, 5.41) is 3.67. The molecule has 0 aromatic heterocycles. The van der Waals surface area contributed by atoms with Gasteiger partial charge in [0.1, 0.15) is 18.0 Å². The monoisotopic (exact) mass is 521 g/mol. The number of benzene rings is 3. The van der Waals surface area contributed by atoms with Gasteiger partial charge in [-0.15, -0.1) is 0 Å². The summed E-state index contributed by atoms with van der Waals surface area (Å²) in [5.41, 5.74) is 1.41. The van der Waals surface area contributed by atoms with E-state index < -0.39 is 34.2 Å². The average Bonchev–Trinajstić information content (AvgIpc) is 2.87. The molecule has 3 rings (SSSR count). The summed E-state index contributed by atoms with van der Waals surface area (Å²) in [5.74, 6) is -0.361. The molecule has 0 bridgehead atoms. The van der Waals surface area contributed by atoms with Gasteiger partial charge in [0.05, 0.1) is 36.6 Å². The fraction of sp³-hybridized carbons (Fsp3) is 0.167. The van der Waals surface area contributed by atoms with E-state index in [0.717, 1.165) is 22.7 Å². The molecule has 0 fully saturated rings. The molecule has 8 nitrogen and oxygen atoms in total. The summed E-state index contributed by atoms with van der Waals surface area (Å²) in [7, 11) is -1.50. The van der Waals surface area contributed by atoms with Crippen LogP contribution in [0.5, 0.6) is 11.5 Å². The van der Waals surface area contributed by atoms with Crippen LogP contribution < -0.4 is 19.2 Å². The van der Waals surface area contributed by atoms with E-state index in [9.17, 15) is 26.4 Å². The van der Waals surface area contributed by atoms with E-state index >= 15 is 0 Å². The van der Waals surface area contributed by atoms with E-state index in [1.807, 2.05) is 0 Å². The number of amides is 1. The van der Waals surface area contributed by atoms with Crippen LogP contribution >= 0.6 is 0 Å². The second-order valence-corrected chi connectivity index (χ2v) is 9.14. The highest BCUT2D eigenvalue weighted by atomic mass is 32.2. The van der Waals surface area contributed by atoms with Crippen LogP contribution in [0.25, 0.3) is 0 Å². The van der Waals surface area contributed by atoms with Gasteiger partial charge in [-0.05, 0) is 42.0 Å². The van der Waals surface area contributed by atoms with Crippen molar-refractivity contribution < 1.29 is 35.9 Å². The Hall–Kier alpha value is -4.06. The number of nitrogens with one attached hydrogen (secondary N) is 1. The van der Waals surface area contributed by atoms with Crippen LogP contribution in [-0.2, 0) is 21.0 Å². The number of halogens is 3. The van der Waals surface area contributed by atoms with Gasteiger partial charge in [-0.2, -0.15) is 18.3 Å². The van der Waals surface area contributed by atoms with Gasteiger partial charge in [-0.3, -0.25) is 9.10 Å². The zero-order chi connectivity index (χ0) is 26.3. The molecule has 36 heavy (non-hydrogen) atoms. The van der Waals surface area contributed by atoms with Gasteiger partial charge >= 0.3 is 6.18 Å². The quantitative estimate of drug-likeness (QED) is 0.338. The molecule has 1 amide bonds. The smallest absolute Gasteiger partial charge is 0.416 e. The summed E-state index contributed by atoms with van der Waals surface area (Å²) < 4.78 is 76.9. The molecule has 0 radical (unpaired) electrons. The number of rotatable bonds is 9. The number of methoxy groups -OCH3 is 2. The molecule has 0 spiro atoms.